The average Bonchev–Trinajstić information content (AvgIpc) is 2.36. The highest BCUT2D eigenvalue weighted by Crippen LogP contribution is 2.20. The SMILES string of the molecule is CCOc1cccc(CS(=O)(=O)N(C)SCC(N)=O)c1. The van der Waals surface area contributed by atoms with Gasteiger partial charge in [0.2, 0.25) is 15.9 Å². The van der Waals surface area contributed by atoms with E-state index in [1.54, 1.807) is 24.3 Å². The van der Waals surface area contributed by atoms with Crippen molar-refractivity contribution >= 4 is 27.9 Å². The van der Waals surface area contributed by atoms with E-state index in [0.29, 0.717) is 17.9 Å². The van der Waals surface area contributed by atoms with Gasteiger partial charge in [-0.15, -0.1) is 3.71 Å². The van der Waals surface area contributed by atoms with E-state index in [4.69, 9.17) is 10.5 Å². The molecule has 0 aromatic heterocycles. The predicted molar refractivity (Wildman–Crippen MR) is 79.7 cm³/mol. The molecule has 1 amide bonds. The zero-order valence-electron chi connectivity index (χ0n) is 11.4. The number of hydrogen-bond acceptors (Lipinski definition) is 5. The number of nitrogens with zero attached hydrogens (tertiary/aromatic N) is 1. The zero-order valence-corrected chi connectivity index (χ0v) is 13.0. The highest BCUT2D eigenvalue weighted by atomic mass is 32.3. The van der Waals surface area contributed by atoms with Gasteiger partial charge >= 0.3 is 0 Å². The Morgan fingerprint density at radius 2 is 2.15 bits per heavy atom. The lowest BCUT2D eigenvalue weighted by Gasteiger charge is -2.15. The van der Waals surface area contributed by atoms with E-state index < -0.39 is 15.9 Å². The van der Waals surface area contributed by atoms with E-state index in [-0.39, 0.29) is 11.5 Å². The van der Waals surface area contributed by atoms with Crippen LogP contribution in [0.4, 0.5) is 0 Å². The summed E-state index contributed by atoms with van der Waals surface area (Å²) in [5, 5.41) is 0. The van der Waals surface area contributed by atoms with Crippen molar-refractivity contribution in [2.75, 3.05) is 19.4 Å². The molecule has 1 aromatic rings. The van der Waals surface area contributed by atoms with E-state index in [0.717, 1.165) is 15.7 Å². The second-order valence-electron chi connectivity index (χ2n) is 3.99. The molecule has 0 bridgehead atoms. The summed E-state index contributed by atoms with van der Waals surface area (Å²) in [6.45, 7) is 2.38. The van der Waals surface area contributed by atoms with Gasteiger partial charge in [-0.2, -0.15) is 0 Å². The molecule has 1 aromatic carbocycles. The number of primary amides is 1. The minimum Gasteiger partial charge on any atom is -0.494 e. The number of amides is 1. The quantitative estimate of drug-likeness (QED) is 0.722. The Bertz CT molecular complexity index is 560. The van der Waals surface area contributed by atoms with Gasteiger partial charge in [0.25, 0.3) is 0 Å². The fourth-order valence-corrected chi connectivity index (χ4v) is 3.48. The molecule has 0 saturated heterocycles. The lowest BCUT2D eigenvalue weighted by atomic mass is 10.2. The lowest BCUT2D eigenvalue weighted by Crippen LogP contribution is -2.25. The van der Waals surface area contributed by atoms with E-state index in [1.165, 1.54) is 7.05 Å². The maximum absolute atomic E-state index is 12.1. The molecule has 0 fully saturated rings. The van der Waals surface area contributed by atoms with Crippen molar-refractivity contribution in [2.45, 2.75) is 12.7 Å². The minimum absolute atomic E-state index is 0.0747. The van der Waals surface area contributed by atoms with Crippen LogP contribution in [0.15, 0.2) is 24.3 Å². The van der Waals surface area contributed by atoms with Gasteiger partial charge in [0.05, 0.1) is 18.1 Å². The Balaban J connectivity index is 2.74. The second-order valence-corrected chi connectivity index (χ2v) is 7.31. The summed E-state index contributed by atoms with van der Waals surface area (Å²) in [6, 6.07) is 6.91. The summed E-state index contributed by atoms with van der Waals surface area (Å²) in [5.41, 5.74) is 5.62. The number of carbonyl (C=O) groups is 1. The largest absolute Gasteiger partial charge is 0.494 e. The number of ether oxygens (including phenoxy) is 1. The number of sulfonamides is 1. The number of rotatable bonds is 8. The number of benzene rings is 1. The molecule has 20 heavy (non-hydrogen) atoms. The summed E-state index contributed by atoms with van der Waals surface area (Å²) in [5.74, 6) is -0.159. The van der Waals surface area contributed by atoms with Gasteiger partial charge in [-0.25, -0.2) is 8.42 Å². The first kappa shape index (κ1) is 16.8. The van der Waals surface area contributed by atoms with Crippen LogP contribution < -0.4 is 10.5 Å². The zero-order chi connectivity index (χ0) is 15.2. The monoisotopic (exact) mass is 318 g/mol. The fourth-order valence-electron chi connectivity index (χ4n) is 1.43. The number of nitrogens with two attached hydrogens (primary N) is 1. The van der Waals surface area contributed by atoms with Crippen LogP contribution in [0.1, 0.15) is 12.5 Å². The first-order valence-corrected chi connectivity index (χ1v) is 8.50. The third kappa shape index (κ3) is 5.40. The van der Waals surface area contributed by atoms with Crippen LogP contribution in [-0.4, -0.2) is 37.4 Å². The van der Waals surface area contributed by atoms with Gasteiger partial charge in [0, 0.05) is 7.05 Å². The minimum atomic E-state index is -3.51. The van der Waals surface area contributed by atoms with Crippen molar-refractivity contribution in [3.63, 3.8) is 0 Å². The van der Waals surface area contributed by atoms with Crippen LogP contribution in [0.5, 0.6) is 5.75 Å². The van der Waals surface area contributed by atoms with Crippen LogP contribution in [-0.2, 0) is 20.6 Å². The lowest BCUT2D eigenvalue weighted by molar-refractivity contribution is -0.115. The van der Waals surface area contributed by atoms with Gasteiger partial charge in [0.15, 0.2) is 0 Å². The van der Waals surface area contributed by atoms with Gasteiger partial charge in [-0.1, -0.05) is 24.1 Å². The maximum atomic E-state index is 12.1. The molecule has 0 atom stereocenters. The van der Waals surface area contributed by atoms with E-state index in [1.807, 2.05) is 6.92 Å². The van der Waals surface area contributed by atoms with E-state index in [9.17, 15) is 13.2 Å². The van der Waals surface area contributed by atoms with Crippen molar-refractivity contribution in [3.8, 4) is 5.75 Å². The third-order valence-electron chi connectivity index (χ3n) is 2.34. The maximum Gasteiger partial charge on any atom is 0.228 e. The Morgan fingerprint density at radius 3 is 2.75 bits per heavy atom. The van der Waals surface area contributed by atoms with Crippen LogP contribution in [0, 0.1) is 0 Å². The summed E-state index contributed by atoms with van der Waals surface area (Å²) < 4.78 is 30.6. The summed E-state index contributed by atoms with van der Waals surface area (Å²) in [4.78, 5) is 10.7. The molecule has 0 unspecified atom stereocenters. The Morgan fingerprint density at radius 1 is 1.45 bits per heavy atom. The standard InChI is InChI=1S/C12H18N2O4S2/c1-3-18-11-6-4-5-10(7-11)9-20(16,17)14(2)19-8-12(13)15/h4-7H,3,8-9H2,1-2H3,(H2,13,15). The van der Waals surface area contributed by atoms with Crippen LogP contribution in [0.25, 0.3) is 0 Å². The first-order valence-electron chi connectivity index (χ1n) is 5.94. The molecule has 0 aliphatic rings. The van der Waals surface area contributed by atoms with Crippen LogP contribution >= 0.6 is 11.9 Å². The number of carbonyl (C=O) groups excluding carboxylic acids is 1. The van der Waals surface area contributed by atoms with Crippen LogP contribution in [0.3, 0.4) is 0 Å². The highest BCUT2D eigenvalue weighted by Gasteiger charge is 2.20. The fraction of sp³-hybridized carbons (Fsp3) is 0.417. The molecule has 0 heterocycles. The molecule has 112 valence electrons. The van der Waals surface area contributed by atoms with E-state index >= 15 is 0 Å². The highest BCUT2D eigenvalue weighted by molar-refractivity contribution is 8.08. The molecule has 0 saturated carbocycles. The number of hydrogen-bond donors (Lipinski definition) is 1. The predicted octanol–water partition coefficient (Wildman–Crippen LogP) is 0.980. The summed E-state index contributed by atoms with van der Waals surface area (Å²) in [7, 11) is -2.11. The molecule has 0 radical (unpaired) electrons. The summed E-state index contributed by atoms with van der Waals surface area (Å²) >= 11 is 0.865. The molecular formula is C12H18N2O4S2. The normalized spacial score (nSPS) is 11.6. The van der Waals surface area contributed by atoms with Gasteiger partial charge < -0.3 is 10.5 Å². The van der Waals surface area contributed by atoms with Crippen molar-refractivity contribution < 1.29 is 17.9 Å². The molecule has 1 rings (SSSR count). The molecule has 0 aliphatic carbocycles. The molecular weight excluding hydrogens is 300 g/mol. The Labute approximate surface area is 123 Å². The average molecular weight is 318 g/mol. The van der Waals surface area contributed by atoms with Crippen molar-refractivity contribution in [3.05, 3.63) is 29.8 Å². The van der Waals surface area contributed by atoms with Gasteiger partial charge in [-0.05, 0) is 24.6 Å². The molecule has 8 heteroatoms. The smallest absolute Gasteiger partial charge is 0.228 e. The second kappa shape index (κ2) is 7.51. The summed E-state index contributed by atoms with van der Waals surface area (Å²) in [6.07, 6.45) is 0. The van der Waals surface area contributed by atoms with Gasteiger partial charge in [-0.3, -0.25) is 4.79 Å². The molecule has 0 spiro atoms. The van der Waals surface area contributed by atoms with Crippen molar-refractivity contribution in [1.82, 2.24) is 3.71 Å². The van der Waals surface area contributed by atoms with E-state index in [2.05, 4.69) is 0 Å². The van der Waals surface area contributed by atoms with Crippen LogP contribution in [0.2, 0.25) is 0 Å². The Hall–Kier alpha value is -1.25. The topological polar surface area (TPSA) is 89.7 Å². The van der Waals surface area contributed by atoms with Gasteiger partial charge in [0.1, 0.15) is 5.75 Å². The Kier molecular flexibility index (Phi) is 6.31. The third-order valence-corrected chi connectivity index (χ3v) is 5.60. The first-order chi connectivity index (χ1) is 9.35. The molecule has 2 N–H and O–H groups in total. The molecule has 6 nitrogen and oxygen atoms in total. The van der Waals surface area contributed by atoms with Crippen molar-refractivity contribution in [2.24, 2.45) is 5.73 Å². The van der Waals surface area contributed by atoms with Crippen molar-refractivity contribution in [1.29, 1.82) is 0 Å². The molecule has 0 aliphatic heterocycles.